The molecule has 2 N–H and O–H groups in total. The summed E-state index contributed by atoms with van der Waals surface area (Å²) in [7, 11) is -3.30. The molecule has 2 aromatic rings. The van der Waals surface area contributed by atoms with Gasteiger partial charge in [-0.25, -0.2) is 13.4 Å². The lowest BCUT2D eigenvalue weighted by atomic mass is 10.3. The van der Waals surface area contributed by atoms with Gasteiger partial charge in [0.25, 0.3) is 0 Å². The standard InChI is InChI=1S/C11H12ClN3O2S2/c1-19(16,17)15-9-5-3-2-4-8(9)13-7-11-14-6-10(12)18-11/h2-6,13,15H,7H2,1H3. The molecule has 0 bridgehead atoms. The molecule has 5 nitrogen and oxygen atoms in total. The minimum atomic E-state index is -3.30. The molecule has 102 valence electrons. The van der Waals surface area contributed by atoms with Crippen LogP contribution in [0.15, 0.2) is 30.5 Å². The molecule has 0 unspecified atom stereocenters. The molecule has 0 saturated carbocycles. The van der Waals surface area contributed by atoms with Crippen LogP contribution < -0.4 is 10.0 Å². The highest BCUT2D eigenvalue weighted by Gasteiger charge is 2.07. The first-order chi connectivity index (χ1) is 8.94. The molecule has 8 heteroatoms. The van der Waals surface area contributed by atoms with Crippen LogP contribution in [0, 0.1) is 0 Å². The van der Waals surface area contributed by atoms with Crippen molar-refractivity contribution in [2.75, 3.05) is 16.3 Å². The summed E-state index contributed by atoms with van der Waals surface area (Å²) >= 11 is 7.18. The van der Waals surface area contributed by atoms with Crippen molar-refractivity contribution in [2.45, 2.75) is 6.54 Å². The van der Waals surface area contributed by atoms with Crippen LogP contribution in [-0.2, 0) is 16.6 Å². The van der Waals surface area contributed by atoms with E-state index >= 15 is 0 Å². The molecule has 0 saturated heterocycles. The average molecular weight is 318 g/mol. The topological polar surface area (TPSA) is 71.1 Å². The fourth-order valence-electron chi connectivity index (χ4n) is 1.47. The van der Waals surface area contributed by atoms with Crippen LogP contribution in [0.5, 0.6) is 0 Å². The maximum atomic E-state index is 11.3. The number of para-hydroxylation sites is 2. The molecule has 19 heavy (non-hydrogen) atoms. The molecule has 2 rings (SSSR count). The lowest BCUT2D eigenvalue weighted by Crippen LogP contribution is -2.11. The minimum absolute atomic E-state index is 0.486. The highest BCUT2D eigenvalue weighted by Crippen LogP contribution is 2.24. The van der Waals surface area contributed by atoms with Crippen molar-refractivity contribution in [1.29, 1.82) is 0 Å². The molecule has 1 heterocycles. The van der Waals surface area contributed by atoms with Gasteiger partial charge in [0.15, 0.2) is 0 Å². The van der Waals surface area contributed by atoms with Crippen molar-refractivity contribution in [2.24, 2.45) is 0 Å². The molecule has 0 spiro atoms. The molecular weight excluding hydrogens is 306 g/mol. The van der Waals surface area contributed by atoms with Gasteiger partial charge in [0, 0.05) is 0 Å². The Kier molecular flexibility index (Phi) is 4.28. The predicted octanol–water partition coefficient (Wildman–Crippen LogP) is 2.78. The third-order valence-electron chi connectivity index (χ3n) is 2.18. The zero-order valence-corrected chi connectivity index (χ0v) is 12.4. The number of hydrogen-bond donors (Lipinski definition) is 2. The number of nitrogens with zero attached hydrogens (tertiary/aromatic N) is 1. The highest BCUT2D eigenvalue weighted by molar-refractivity contribution is 7.92. The maximum Gasteiger partial charge on any atom is 0.229 e. The number of benzene rings is 1. The Bertz CT molecular complexity index is 670. The van der Waals surface area contributed by atoms with Gasteiger partial charge in [0.1, 0.15) is 9.34 Å². The van der Waals surface area contributed by atoms with E-state index in [1.807, 2.05) is 6.07 Å². The van der Waals surface area contributed by atoms with Crippen LogP contribution in [-0.4, -0.2) is 19.7 Å². The van der Waals surface area contributed by atoms with Gasteiger partial charge >= 0.3 is 0 Å². The monoisotopic (exact) mass is 317 g/mol. The van der Waals surface area contributed by atoms with E-state index in [1.54, 1.807) is 24.4 Å². The quantitative estimate of drug-likeness (QED) is 0.889. The predicted molar refractivity (Wildman–Crippen MR) is 79.4 cm³/mol. The zero-order chi connectivity index (χ0) is 13.9. The van der Waals surface area contributed by atoms with E-state index in [1.165, 1.54) is 11.3 Å². The van der Waals surface area contributed by atoms with E-state index in [0.29, 0.717) is 22.3 Å². The number of thiazole rings is 1. The Balaban J connectivity index is 2.11. The average Bonchev–Trinajstić information content (AvgIpc) is 2.72. The van der Waals surface area contributed by atoms with Gasteiger partial charge in [0.05, 0.1) is 30.4 Å². The van der Waals surface area contributed by atoms with E-state index in [0.717, 1.165) is 11.3 Å². The number of sulfonamides is 1. The number of nitrogens with one attached hydrogen (secondary N) is 2. The fraction of sp³-hybridized carbons (Fsp3) is 0.182. The fourth-order valence-corrected chi connectivity index (χ4v) is 2.94. The van der Waals surface area contributed by atoms with Gasteiger partial charge in [-0.3, -0.25) is 4.72 Å². The molecule has 0 aliphatic heterocycles. The van der Waals surface area contributed by atoms with Gasteiger partial charge in [-0.15, -0.1) is 11.3 Å². The van der Waals surface area contributed by atoms with Crippen LogP contribution in [0.1, 0.15) is 5.01 Å². The van der Waals surface area contributed by atoms with Crippen LogP contribution in [0.4, 0.5) is 11.4 Å². The summed E-state index contributed by atoms with van der Waals surface area (Å²) in [6.07, 6.45) is 2.70. The van der Waals surface area contributed by atoms with Crippen LogP contribution >= 0.6 is 22.9 Å². The second kappa shape index (κ2) is 5.77. The van der Waals surface area contributed by atoms with Crippen molar-refractivity contribution >= 4 is 44.3 Å². The SMILES string of the molecule is CS(=O)(=O)Nc1ccccc1NCc1ncc(Cl)s1. The Morgan fingerprint density at radius 1 is 1.32 bits per heavy atom. The molecule has 1 aromatic heterocycles. The molecule has 0 amide bonds. The molecule has 1 aromatic carbocycles. The van der Waals surface area contributed by atoms with Gasteiger partial charge in [-0.1, -0.05) is 23.7 Å². The van der Waals surface area contributed by atoms with E-state index < -0.39 is 10.0 Å². The zero-order valence-electron chi connectivity index (χ0n) is 10.1. The van der Waals surface area contributed by atoms with Gasteiger partial charge in [-0.2, -0.15) is 0 Å². The molecular formula is C11H12ClN3O2S2. The van der Waals surface area contributed by atoms with E-state index in [2.05, 4.69) is 15.0 Å². The molecule has 0 fully saturated rings. The smallest absolute Gasteiger partial charge is 0.229 e. The van der Waals surface area contributed by atoms with E-state index in [9.17, 15) is 8.42 Å². The van der Waals surface area contributed by atoms with Crippen molar-refractivity contribution in [3.63, 3.8) is 0 Å². The largest absolute Gasteiger partial charge is 0.377 e. The number of halogens is 1. The first kappa shape index (κ1) is 14.1. The van der Waals surface area contributed by atoms with Crippen molar-refractivity contribution in [3.05, 3.63) is 39.8 Å². The Hall–Kier alpha value is -1.31. The summed E-state index contributed by atoms with van der Waals surface area (Å²) in [6, 6.07) is 7.07. The second-order valence-electron chi connectivity index (χ2n) is 3.83. The van der Waals surface area contributed by atoms with Crippen molar-refractivity contribution in [3.8, 4) is 0 Å². The number of hydrogen-bond acceptors (Lipinski definition) is 5. The third kappa shape index (κ3) is 4.38. The summed E-state index contributed by atoms with van der Waals surface area (Å²) in [5, 5.41) is 3.96. The molecule has 0 aliphatic carbocycles. The number of anilines is 2. The Morgan fingerprint density at radius 2 is 2.00 bits per heavy atom. The summed E-state index contributed by atoms with van der Waals surface area (Å²) in [5.74, 6) is 0. The summed E-state index contributed by atoms with van der Waals surface area (Å²) < 4.78 is 25.6. The van der Waals surface area contributed by atoms with Crippen LogP contribution in [0.2, 0.25) is 4.34 Å². The van der Waals surface area contributed by atoms with Crippen LogP contribution in [0.3, 0.4) is 0 Å². The number of rotatable bonds is 5. The molecule has 0 atom stereocenters. The van der Waals surface area contributed by atoms with E-state index in [-0.39, 0.29) is 0 Å². The van der Waals surface area contributed by atoms with Crippen molar-refractivity contribution in [1.82, 2.24) is 4.98 Å². The van der Waals surface area contributed by atoms with Crippen molar-refractivity contribution < 1.29 is 8.42 Å². The van der Waals surface area contributed by atoms with E-state index in [4.69, 9.17) is 11.6 Å². The lowest BCUT2D eigenvalue weighted by molar-refractivity contribution is 0.607. The van der Waals surface area contributed by atoms with Crippen LogP contribution in [0.25, 0.3) is 0 Å². The normalized spacial score (nSPS) is 11.3. The van der Waals surface area contributed by atoms with Gasteiger partial charge in [0.2, 0.25) is 10.0 Å². The highest BCUT2D eigenvalue weighted by atomic mass is 35.5. The summed E-state index contributed by atoms with van der Waals surface area (Å²) in [6.45, 7) is 0.486. The summed E-state index contributed by atoms with van der Waals surface area (Å²) in [4.78, 5) is 4.12. The lowest BCUT2D eigenvalue weighted by Gasteiger charge is -2.11. The Labute approximate surface area is 120 Å². The van der Waals surface area contributed by atoms with Gasteiger partial charge in [-0.05, 0) is 12.1 Å². The third-order valence-corrected chi connectivity index (χ3v) is 3.88. The van der Waals surface area contributed by atoms with Gasteiger partial charge < -0.3 is 5.32 Å². The first-order valence-electron chi connectivity index (χ1n) is 5.35. The summed E-state index contributed by atoms with van der Waals surface area (Å²) in [5.41, 5.74) is 1.20. The minimum Gasteiger partial charge on any atom is -0.377 e. The molecule has 0 radical (unpaired) electrons. The number of aromatic nitrogens is 1. The molecule has 0 aliphatic rings. The Morgan fingerprint density at radius 3 is 2.58 bits per heavy atom. The first-order valence-corrected chi connectivity index (χ1v) is 8.43. The maximum absolute atomic E-state index is 11.3. The second-order valence-corrected chi connectivity index (χ2v) is 7.33.